The predicted octanol–water partition coefficient (Wildman–Crippen LogP) is 4.75. The molecule has 0 saturated carbocycles. The summed E-state index contributed by atoms with van der Waals surface area (Å²) in [4.78, 5) is 11.1. The summed E-state index contributed by atoms with van der Waals surface area (Å²) in [6.07, 6.45) is 6.31. The fourth-order valence-electron chi connectivity index (χ4n) is 4.60. The third kappa shape index (κ3) is 7.55. The van der Waals surface area contributed by atoms with E-state index in [0.29, 0.717) is 42.4 Å². The lowest BCUT2D eigenvalue weighted by Gasteiger charge is -2.27. The Morgan fingerprint density at radius 3 is 2.40 bits per heavy atom. The molecule has 35 heavy (non-hydrogen) atoms. The zero-order chi connectivity index (χ0) is 25.3. The molecule has 0 radical (unpaired) electrons. The molecule has 2 aromatic rings. The van der Waals surface area contributed by atoms with E-state index < -0.39 is 10.0 Å². The molecule has 6 nitrogen and oxygen atoms in total. The van der Waals surface area contributed by atoms with Gasteiger partial charge in [-0.3, -0.25) is 9.10 Å². The van der Waals surface area contributed by atoms with Crippen LogP contribution in [-0.2, 0) is 38.8 Å². The summed E-state index contributed by atoms with van der Waals surface area (Å²) in [7, 11) is -3.75. The molecular weight excluding hydrogens is 460 g/mol. The van der Waals surface area contributed by atoms with Crippen LogP contribution in [0.25, 0.3) is 0 Å². The third-order valence-corrected chi connectivity index (χ3v) is 8.50. The maximum absolute atomic E-state index is 13.9. The van der Waals surface area contributed by atoms with Crippen LogP contribution >= 0.6 is 0 Å². The molecule has 192 valence electrons. The predicted molar refractivity (Wildman–Crippen MR) is 141 cm³/mol. The average molecular weight is 501 g/mol. The van der Waals surface area contributed by atoms with Gasteiger partial charge in [-0.05, 0) is 91.3 Å². The molecule has 0 aliphatic carbocycles. The van der Waals surface area contributed by atoms with Crippen molar-refractivity contribution in [1.29, 1.82) is 0 Å². The van der Waals surface area contributed by atoms with E-state index in [1.807, 2.05) is 50.2 Å². The van der Waals surface area contributed by atoms with Crippen molar-refractivity contribution in [3.05, 3.63) is 59.2 Å². The molecule has 0 spiro atoms. The Kier molecular flexibility index (Phi) is 10.2. The van der Waals surface area contributed by atoms with Gasteiger partial charge in [-0.15, -0.1) is 0 Å². The van der Waals surface area contributed by atoms with Gasteiger partial charge in [0.15, 0.2) is 0 Å². The van der Waals surface area contributed by atoms with Crippen LogP contribution in [0.5, 0.6) is 0 Å². The van der Waals surface area contributed by atoms with Gasteiger partial charge in [0.1, 0.15) is 0 Å². The number of rotatable bonds is 13. The second-order valence-electron chi connectivity index (χ2n) is 9.80. The number of sulfonamides is 1. The van der Waals surface area contributed by atoms with Crippen molar-refractivity contribution in [3.63, 3.8) is 0 Å². The minimum absolute atomic E-state index is 0.172. The first-order chi connectivity index (χ1) is 16.8. The number of nitrogens with zero attached hydrogens (tertiary/aromatic N) is 1. The summed E-state index contributed by atoms with van der Waals surface area (Å²) in [6, 6.07) is 13.3. The fourth-order valence-corrected chi connectivity index (χ4v) is 6.28. The number of anilines is 1. The normalized spacial score (nSPS) is 14.7. The molecule has 0 aromatic heterocycles. The Bertz CT molecular complexity index is 1050. The average Bonchev–Trinajstić information content (AvgIpc) is 2.87. The van der Waals surface area contributed by atoms with Gasteiger partial charge < -0.3 is 10.1 Å². The highest BCUT2D eigenvalue weighted by atomic mass is 32.2. The number of aryl methyl sites for hydroxylation is 2. The van der Waals surface area contributed by atoms with Crippen LogP contribution in [-0.4, -0.2) is 41.1 Å². The second kappa shape index (κ2) is 13.1. The Balaban J connectivity index is 1.90. The molecule has 0 bridgehead atoms. The van der Waals surface area contributed by atoms with Gasteiger partial charge in [0.25, 0.3) is 10.0 Å². The first kappa shape index (κ1) is 27.2. The van der Waals surface area contributed by atoms with E-state index in [1.165, 1.54) is 9.87 Å². The summed E-state index contributed by atoms with van der Waals surface area (Å²) in [5, 5.41) is 2.72. The molecular formula is C28H40N2O4S. The maximum atomic E-state index is 13.9. The number of hydrogen-bond acceptors (Lipinski definition) is 4. The van der Waals surface area contributed by atoms with E-state index in [-0.39, 0.29) is 5.92 Å². The van der Waals surface area contributed by atoms with Crippen molar-refractivity contribution in [3.8, 4) is 0 Å². The zero-order valence-corrected chi connectivity index (χ0v) is 22.1. The molecule has 1 heterocycles. The summed E-state index contributed by atoms with van der Waals surface area (Å²) < 4.78 is 34.7. The highest BCUT2D eigenvalue weighted by molar-refractivity contribution is 7.92. The van der Waals surface area contributed by atoms with Gasteiger partial charge in [0.2, 0.25) is 6.41 Å². The van der Waals surface area contributed by atoms with E-state index in [4.69, 9.17) is 4.74 Å². The monoisotopic (exact) mass is 500 g/mol. The van der Waals surface area contributed by atoms with Gasteiger partial charge in [-0.2, -0.15) is 0 Å². The zero-order valence-electron chi connectivity index (χ0n) is 21.3. The number of amides is 1. The number of carbonyl (C=O) groups excluding carboxylic acids is 1. The standard InChI is InChI=1S/C28H40N2O4S/c1-4-23-6-10-27(11-7-23)30(20-22(2)3)35(32,33)28-12-9-25(26(19-28)13-16-29-21-31)8-5-24-14-17-34-18-15-24/h6-7,9-12,19,21-22,24H,4-5,8,13-18,20H2,1-3H3,(H,29,31). The Hall–Kier alpha value is -2.38. The summed E-state index contributed by atoms with van der Waals surface area (Å²) in [5.74, 6) is 0.811. The summed E-state index contributed by atoms with van der Waals surface area (Å²) in [5.41, 5.74) is 4.00. The number of hydrogen-bond donors (Lipinski definition) is 1. The lowest BCUT2D eigenvalue weighted by Crippen LogP contribution is -2.34. The van der Waals surface area contributed by atoms with Crippen LogP contribution in [0.2, 0.25) is 0 Å². The number of ether oxygens (including phenoxy) is 1. The second-order valence-corrected chi connectivity index (χ2v) is 11.7. The van der Waals surface area contributed by atoms with Crippen molar-refractivity contribution in [2.24, 2.45) is 11.8 Å². The van der Waals surface area contributed by atoms with Crippen LogP contribution in [0.15, 0.2) is 47.4 Å². The van der Waals surface area contributed by atoms with Crippen molar-refractivity contribution in [2.45, 2.75) is 64.2 Å². The van der Waals surface area contributed by atoms with Gasteiger partial charge in [0, 0.05) is 26.3 Å². The van der Waals surface area contributed by atoms with Crippen molar-refractivity contribution in [1.82, 2.24) is 5.32 Å². The van der Waals surface area contributed by atoms with E-state index in [2.05, 4.69) is 12.2 Å². The van der Waals surface area contributed by atoms with Crippen LogP contribution in [0.4, 0.5) is 5.69 Å². The SMILES string of the molecule is CCc1ccc(N(CC(C)C)S(=O)(=O)c2ccc(CCC3CCOCC3)c(CCNC=O)c2)cc1. The molecule has 7 heteroatoms. The van der Waals surface area contributed by atoms with Gasteiger partial charge >= 0.3 is 0 Å². The maximum Gasteiger partial charge on any atom is 0.264 e. The van der Waals surface area contributed by atoms with E-state index in [1.54, 1.807) is 6.07 Å². The minimum atomic E-state index is -3.75. The first-order valence-corrected chi connectivity index (χ1v) is 14.3. The van der Waals surface area contributed by atoms with E-state index in [9.17, 15) is 13.2 Å². The quantitative estimate of drug-likeness (QED) is 0.318. The molecule has 1 aliphatic heterocycles. The van der Waals surface area contributed by atoms with Gasteiger partial charge in [-0.1, -0.05) is 39.0 Å². The van der Waals surface area contributed by atoms with Gasteiger partial charge in [0.05, 0.1) is 10.6 Å². The first-order valence-electron chi connectivity index (χ1n) is 12.8. The molecule has 0 atom stereocenters. The van der Waals surface area contributed by atoms with Crippen LogP contribution in [0.1, 0.15) is 56.7 Å². The lowest BCUT2D eigenvalue weighted by molar-refractivity contribution is -0.109. The van der Waals surface area contributed by atoms with Crippen LogP contribution in [0, 0.1) is 11.8 Å². The van der Waals surface area contributed by atoms with E-state index in [0.717, 1.165) is 56.4 Å². The topological polar surface area (TPSA) is 75.7 Å². The Labute approximate surface area is 211 Å². The highest BCUT2D eigenvalue weighted by Crippen LogP contribution is 2.28. The fraction of sp³-hybridized carbons (Fsp3) is 0.536. The van der Waals surface area contributed by atoms with Crippen molar-refractivity contribution >= 4 is 22.1 Å². The molecule has 1 fully saturated rings. The molecule has 1 aliphatic rings. The summed E-state index contributed by atoms with van der Waals surface area (Å²) in [6.45, 7) is 8.67. The molecule has 3 rings (SSSR count). The molecule has 2 aromatic carbocycles. The number of carbonyl (C=O) groups is 1. The van der Waals surface area contributed by atoms with Gasteiger partial charge in [-0.25, -0.2) is 8.42 Å². The lowest BCUT2D eigenvalue weighted by atomic mass is 9.91. The molecule has 1 amide bonds. The Morgan fingerprint density at radius 1 is 1.06 bits per heavy atom. The smallest absolute Gasteiger partial charge is 0.264 e. The Morgan fingerprint density at radius 2 is 1.77 bits per heavy atom. The van der Waals surface area contributed by atoms with Crippen molar-refractivity contribution < 1.29 is 17.9 Å². The molecule has 1 saturated heterocycles. The third-order valence-electron chi connectivity index (χ3n) is 6.71. The number of nitrogens with one attached hydrogen (secondary N) is 1. The van der Waals surface area contributed by atoms with Crippen LogP contribution < -0.4 is 9.62 Å². The van der Waals surface area contributed by atoms with Crippen LogP contribution in [0.3, 0.4) is 0 Å². The largest absolute Gasteiger partial charge is 0.381 e. The van der Waals surface area contributed by atoms with Crippen molar-refractivity contribution in [2.75, 3.05) is 30.6 Å². The number of benzene rings is 2. The minimum Gasteiger partial charge on any atom is -0.381 e. The summed E-state index contributed by atoms with van der Waals surface area (Å²) >= 11 is 0. The van der Waals surface area contributed by atoms with E-state index >= 15 is 0 Å². The highest BCUT2D eigenvalue weighted by Gasteiger charge is 2.27. The molecule has 1 N–H and O–H groups in total. The molecule has 0 unspecified atom stereocenters.